The molecule has 1 aliphatic rings. The maximum absolute atomic E-state index is 13.5. The number of fused-ring (bicyclic) bond motifs is 1. The molecule has 1 saturated heterocycles. The summed E-state index contributed by atoms with van der Waals surface area (Å²) in [6.07, 6.45) is 1.74. The molecule has 4 rings (SSSR count). The van der Waals surface area contributed by atoms with Gasteiger partial charge in [-0.05, 0) is 23.8 Å². The lowest BCUT2D eigenvalue weighted by molar-refractivity contribution is -0.140. The maximum Gasteiger partial charge on any atom is 0.248 e. The van der Waals surface area contributed by atoms with Crippen LogP contribution in [-0.4, -0.2) is 53.6 Å². The smallest absolute Gasteiger partial charge is 0.248 e. The average Bonchev–Trinajstić information content (AvgIpc) is 2.68. The Bertz CT molecular complexity index is 1050. The molecule has 3 heterocycles. The Morgan fingerprint density at radius 3 is 2.93 bits per heavy atom. The number of benzene rings is 1. The summed E-state index contributed by atoms with van der Waals surface area (Å²) in [4.78, 5) is 22.4. The molecular formula is C21H22FN5O2. The van der Waals surface area contributed by atoms with Crippen molar-refractivity contribution < 1.29 is 13.9 Å². The largest absolute Gasteiger partial charge is 0.382 e. The van der Waals surface area contributed by atoms with Gasteiger partial charge in [-0.2, -0.15) is 0 Å². The number of likely N-dealkylation sites (tertiary alicyclic amines) is 1. The van der Waals surface area contributed by atoms with Crippen molar-refractivity contribution in [3.05, 3.63) is 54.0 Å². The summed E-state index contributed by atoms with van der Waals surface area (Å²) in [6.45, 7) is 2.01. The van der Waals surface area contributed by atoms with Crippen molar-refractivity contribution in [2.24, 2.45) is 0 Å². The standard InChI is InChI=1S/C21H22FN5O2/c1-29-12-19(28)27-10-16(11-27)24-8-14-9-25-21(23)20-17(14)5-6-18(26-20)13-3-2-4-15(22)7-13/h2-7,9,16,24H,8,10-12H2,1H3,(H2,23,25). The topological polar surface area (TPSA) is 93.4 Å². The fourth-order valence-electron chi connectivity index (χ4n) is 3.42. The second-order valence-electron chi connectivity index (χ2n) is 7.08. The van der Waals surface area contributed by atoms with E-state index in [0.29, 0.717) is 42.2 Å². The van der Waals surface area contributed by atoms with Crippen LogP contribution >= 0.6 is 0 Å². The van der Waals surface area contributed by atoms with E-state index in [1.807, 2.05) is 12.1 Å². The van der Waals surface area contributed by atoms with Crippen LogP contribution in [-0.2, 0) is 16.1 Å². The predicted octanol–water partition coefficient (Wildman–Crippen LogP) is 1.96. The van der Waals surface area contributed by atoms with E-state index in [-0.39, 0.29) is 24.4 Å². The molecule has 0 aliphatic carbocycles. The van der Waals surface area contributed by atoms with Gasteiger partial charge in [0.2, 0.25) is 5.91 Å². The third-order valence-electron chi connectivity index (χ3n) is 5.05. The van der Waals surface area contributed by atoms with Gasteiger partial charge in [-0.15, -0.1) is 0 Å². The number of aromatic nitrogens is 2. The number of pyridine rings is 2. The Labute approximate surface area is 167 Å². The first-order chi connectivity index (χ1) is 14.0. The molecule has 0 spiro atoms. The van der Waals surface area contributed by atoms with Crippen molar-refractivity contribution >= 4 is 22.6 Å². The minimum atomic E-state index is -0.313. The van der Waals surface area contributed by atoms with Crippen LogP contribution in [0, 0.1) is 5.82 Å². The van der Waals surface area contributed by atoms with Gasteiger partial charge in [-0.25, -0.2) is 14.4 Å². The van der Waals surface area contributed by atoms with Gasteiger partial charge in [0.25, 0.3) is 0 Å². The maximum atomic E-state index is 13.5. The minimum absolute atomic E-state index is 0.000714. The molecule has 8 heteroatoms. The van der Waals surface area contributed by atoms with Crippen LogP contribution in [0.4, 0.5) is 10.2 Å². The first kappa shape index (κ1) is 19.2. The molecule has 0 bridgehead atoms. The Hall–Kier alpha value is -3.10. The number of anilines is 1. The van der Waals surface area contributed by atoms with Gasteiger partial charge in [0.15, 0.2) is 0 Å². The van der Waals surface area contributed by atoms with Gasteiger partial charge in [0.1, 0.15) is 23.8 Å². The zero-order chi connectivity index (χ0) is 20.4. The summed E-state index contributed by atoms with van der Waals surface area (Å²) in [6, 6.07) is 10.3. The van der Waals surface area contributed by atoms with E-state index >= 15 is 0 Å². The molecule has 1 amide bonds. The zero-order valence-corrected chi connectivity index (χ0v) is 16.1. The number of nitrogens with zero attached hydrogens (tertiary/aromatic N) is 3. The number of carbonyl (C=O) groups excluding carboxylic acids is 1. The number of methoxy groups -OCH3 is 1. The third-order valence-corrected chi connectivity index (χ3v) is 5.05. The van der Waals surface area contributed by atoms with Crippen molar-refractivity contribution in [1.82, 2.24) is 20.2 Å². The lowest BCUT2D eigenvalue weighted by Gasteiger charge is -2.39. The minimum Gasteiger partial charge on any atom is -0.382 e. The zero-order valence-electron chi connectivity index (χ0n) is 16.1. The number of hydrogen-bond acceptors (Lipinski definition) is 6. The Morgan fingerprint density at radius 2 is 2.17 bits per heavy atom. The summed E-state index contributed by atoms with van der Waals surface area (Å²) < 4.78 is 18.4. The average molecular weight is 395 g/mol. The molecule has 0 saturated carbocycles. The van der Waals surface area contributed by atoms with E-state index in [1.54, 1.807) is 23.2 Å². The van der Waals surface area contributed by atoms with Gasteiger partial charge in [-0.3, -0.25) is 4.79 Å². The van der Waals surface area contributed by atoms with E-state index in [2.05, 4.69) is 15.3 Å². The molecule has 0 unspecified atom stereocenters. The molecule has 150 valence electrons. The highest BCUT2D eigenvalue weighted by Gasteiger charge is 2.29. The van der Waals surface area contributed by atoms with E-state index in [9.17, 15) is 9.18 Å². The number of nitrogens with two attached hydrogens (primary N) is 1. The molecular weight excluding hydrogens is 373 g/mol. The van der Waals surface area contributed by atoms with Gasteiger partial charge in [-0.1, -0.05) is 18.2 Å². The molecule has 29 heavy (non-hydrogen) atoms. The van der Waals surface area contributed by atoms with Crippen molar-refractivity contribution in [2.75, 3.05) is 32.5 Å². The fraction of sp³-hybridized carbons (Fsp3) is 0.286. The number of carbonyl (C=O) groups is 1. The molecule has 3 aromatic rings. The molecule has 1 fully saturated rings. The number of hydrogen-bond donors (Lipinski definition) is 2. The van der Waals surface area contributed by atoms with Crippen molar-refractivity contribution in [3.8, 4) is 11.3 Å². The molecule has 7 nitrogen and oxygen atoms in total. The monoisotopic (exact) mass is 395 g/mol. The van der Waals surface area contributed by atoms with E-state index in [0.717, 1.165) is 10.9 Å². The lowest BCUT2D eigenvalue weighted by atomic mass is 10.1. The van der Waals surface area contributed by atoms with Crippen LogP contribution in [0.15, 0.2) is 42.6 Å². The number of rotatable bonds is 6. The molecule has 2 aromatic heterocycles. The summed E-state index contributed by atoms with van der Waals surface area (Å²) >= 11 is 0. The lowest BCUT2D eigenvalue weighted by Crippen LogP contribution is -2.60. The Balaban J connectivity index is 1.50. The summed E-state index contributed by atoms with van der Waals surface area (Å²) in [5, 5.41) is 4.33. The number of ether oxygens (including phenoxy) is 1. The van der Waals surface area contributed by atoms with Crippen molar-refractivity contribution in [3.63, 3.8) is 0 Å². The highest BCUT2D eigenvalue weighted by Crippen LogP contribution is 2.26. The second-order valence-corrected chi connectivity index (χ2v) is 7.08. The van der Waals surface area contributed by atoms with Crippen LogP contribution < -0.4 is 11.1 Å². The van der Waals surface area contributed by atoms with Crippen LogP contribution in [0.25, 0.3) is 22.2 Å². The highest BCUT2D eigenvalue weighted by atomic mass is 19.1. The van der Waals surface area contributed by atoms with E-state index in [4.69, 9.17) is 10.5 Å². The van der Waals surface area contributed by atoms with Crippen LogP contribution in [0.1, 0.15) is 5.56 Å². The summed E-state index contributed by atoms with van der Waals surface area (Å²) in [7, 11) is 1.51. The molecule has 0 radical (unpaired) electrons. The SMILES string of the molecule is COCC(=O)N1CC(NCc2cnc(N)c3nc(-c4cccc(F)c4)ccc23)C1. The van der Waals surface area contributed by atoms with E-state index in [1.165, 1.54) is 19.2 Å². The van der Waals surface area contributed by atoms with Gasteiger partial charge >= 0.3 is 0 Å². The van der Waals surface area contributed by atoms with Crippen molar-refractivity contribution in [1.29, 1.82) is 0 Å². The highest BCUT2D eigenvalue weighted by molar-refractivity contribution is 5.91. The van der Waals surface area contributed by atoms with Crippen LogP contribution in [0.2, 0.25) is 0 Å². The molecule has 0 atom stereocenters. The predicted molar refractivity (Wildman–Crippen MR) is 108 cm³/mol. The van der Waals surface area contributed by atoms with Crippen LogP contribution in [0.3, 0.4) is 0 Å². The Morgan fingerprint density at radius 1 is 1.34 bits per heavy atom. The van der Waals surface area contributed by atoms with Gasteiger partial charge in [0.05, 0.1) is 5.69 Å². The second kappa shape index (κ2) is 8.10. The van der Waals surface area contributed by atoms with Crippen molar-refractivity contribution in [2.45, 2.75) is 12.6 Å². The number of amides is 1. The molecule has 1 aromatic carbocycles. The van der Waals surface area contributed by atoms with E-state index < -0.39 is 0 Å². The summed E-state index contributed by atoms with van der Waals surface area (Å²) in [5.41, 5.74) is 8.94. The quantitative estimate of drug-likeness (QED) is 0.663. The van der Waals surface area contributed by atoms with Gasteiger partial charge in [0, 0.05) is 49.9 Å². The first-order valence-corrected chi connectivity index (χ1v) is 9.35. The normalized spacial score (nSPS) is 14.2. The first-order valence-electron chi connectivity index (χ1n) is 9.35. The summed E-state index contributed by atoms with van der Waals surface area (Å²) in [5.74, 6) is 0.0215. The molecule has 3 N–H and O–H groups in total. The fourth-order valence-corrected chi connectivity index (χ4v) is 3.42. The van der Waals surface area contributed by atoms with Crippen LogP contribution in [0.5, 0.6) is 0 Å². The number of nitrogens with one attached hydrogen (secondary N) is 1. The Kier molecular flexibility index (Phi) is 5.37. The van der Waals surface area contributed by atoms with Gasteiger partial charge < -0.3 is 20.7 Å². The number of halogens is 1. The number of nitrogen functional groups attached to an aromatic ring is 1. The third kappa shape index (κ3) is 4.03. The molecule has 1 aliphatic heterocycles.